The molecule has 2 heteroatoms. The van der Waals surface area contributed by atoms with Crippen molar-refractivity contribution in [1.82, 2.24) is 0 Å². The van der Waals surface area contributed by atoms with E-state index in [-0.39, 0.29) is 6.61 Å². The second kappa shape index (κ2) is 2.51. The van der Waals surface area contributed by atoms with E-state index < -0.39 is 0 Å². The van der Waals surface area contributed by atoms with Crippen molar-refractivity contribution in [3.8, 4) is 5.75 Å². The third-order valence-electron chi connectivity index (χ3n) is 1.12. The van der Waals surface area contributed by atoms with E-state index in [9.17, 15) is 5.11 Å². The molecule has 0 unspecified atom stereocenters. The molecule has 0 saturated carbocycles. The zero-order valence-corrected chi connectivity index (χ0v) is 4.92. The molecule has 1 aromatic carbocycles. The number of rotatable bonds is 1. The summed E-state index contributed by atoms with van der Waals surface area (Å²) in [6.45, 7) is -0.194. The van der Waals surface area contributed by atoms with Crippen LogP contribution in [-0.2, 0) is 6.61 Å². The van der Waals surface area contributed by atoms with Crippen molar-refractivity contribution in [2.75, 3.05) is 0 Å². The Morgan fingerprint density at radius 3 is 2.22 bits per heavy atom. The van der Waals surface area contributed by atoms with Gasteiger partial charge in [0.25, 0.3) is 5.75 Å². The van der Waals surface area contributed by atoms with E-state index in [1.807, 2.05) is 0 Å². The molecule has 0 amide bonds. The number of benzene rings is 1. The first-order chi connectivity index (χ1) is 4.33. The van der Waals surface area contributed by atoms with Crippen molar-refractivity contribution in [1.29, 1.82) is 0 Å². The summed E-state index contributed by atoms with van der Waals surface area (Å²) in [6.07, 6.45) is 0. The summed E-state index contributed by atoms with van der Waals surface area (Å²) in [6, 6.07) is 6.59. The molecule has 0 atom stereocenters. The van der Waals surface area contributed by atoms with E-state index in [1.54, 1.807) is 24.3 Å². The molecule has 9 heavy (non-hydrogen) atoms. The van der Waals surface area contributed by atoms with Crippen molar-refractivity contribution in [3.63, 3.8) is 0 Å². The summed E-state index contributed by atoms with van der Waals surface area (Å²) in [5.74, 6) is 0.451. The topological polar surface area (TPSA) is 46.0 Å². The van der Waals surface area contributed by atoms with Gasteiger partial charge in [0.1, 0.15) is 0 Å². The van der Waals surface area contributed by atoms with Crippen LogP contribution >= 0.6 is 0 Å². The molecule has 0 aliphatic rings. The van der Waals surface area contributed by atoms with Gasteiger partial charge in [-0.15, -0.1) is 6.61 Å². The molecule has 48 valence electrons. The van der Waals surface area contributed by atoms with Crippen molar-refractivity contribution < 1.29 is 10.2 Å². The quantitative estimate of drug-likeness (QED) is 0.485. The molecular weight excluding hydrogens is 116 g/mol. The summed E-state index contributed by atoms with van der Waals surface area (Å²) in [7, 11) is 0. The van der Waals surface area contributed by atoms with E-state index in [4.69, 9.17) is 5.11 Å². The minimum Gasteiger partial charge on any atom is -0.851 e. The van der Waals surface area contributed by atoms with Gasteiger partial charge in [0.05, 0.1) is 0 Å². The molecule has 1 aromatic rings. The Hall–Kier alpha value is -1.02. The maximum absolute atomic E-state index is 10.2. The van der Waals surface area contributed by atoms with Crippen LogP contribution in [0, 0.1) is 0 Å². The third-order valence-corrected chi connectivity index (χ3v) is 1.12. The maximum atomic E-state index is 10.2. The number of hydrogen-bond acceptors (Lipinski definition) is 1. The predicted molar refractivity (Wildman–Crippen MR) is 33.2 cm³/mol. The smallest absolute Gasteiger partial charge is 0.253 e. The van der Waals surface area contributed by atoms with Gasteiger partial charge in [-0.25, -0.2) is 0 Å². The fourth-order valence-corrected chi connectivity index (χ4v) is 0.601. The Kier molecular flexibility index (Phi) is 1.70. The molecule has 0 saturated heterocycles. The van der Waals surface area contributed by atoms with Crippen LogP contribution in [0.1, 0.15) is 5.56 Å². The molecule has 0 aromatic heterocycles. The summed E-state index contributed by atoms with van der Waals surface area (Å²) in [5, 5.41) is 17.2. The van der Waals surface area contributed by atoms with Crippen molar-refractivity contribution in [3.05, 3.63) is 29.8 Å². The Balaban J connectivity index is 2.88. The SMILES string of the molecule is [O-]Cc1ccc([OH2+])cc1. The van der Waals surface area contributed by atoms with Gasteiger partial charge in [-0.2, -0.15) is 0 Å². The standard InChI is InChI=1S/C7H7O2/c8-5-6-1-3-7(9)4-2-6/h1-4,9H,5H2/q-1/p+1. The molecule has 1 rings (SSSR count). The van der Waals surface area contributed by atoms with Crippen molar-refractivity contribution >= 4 is 0 Å². The summed E-state index contributed by atoms with van der Waals surface area (Å²) < 4.78 is 0. The van der Waals surface area contributed by atoms with Crippen LogP contribution in [0.4, 0.5) is 0 Å². The highest BCUT2D eigenvalue weighted by Gasteiger charge is 1.87. The Labute approximate surface area is 53.4 Å². The lowest BCUT2D eigenvalue weighted by molar-refractivity contribution is -0.386. The van der Waals surface area contributed by atoms with Gasteiger partial charge in [-0.1, -0.05) is 17.7 Å². The van der Waals surface area contributed by atoms with E-state index >= 15 is 0 Å². The summed E-state index contributed by atoms with van der Waals surface area (Å²) >= 11 is 0. The van der Waals surface area contributed by atoms with Crippen LogP contribution in [0.2, 0.25) is 0 Å². The highest BCUT2D eigenvalue weighted by molar-refractivity contribution is 5.25. The van der Waals surface area contributed by atoms with Gasteiger partial charge in [0.2, 0.25) is 0 Å². The lowest BCUT2D eigenvalue weighted by Gasteiger charge is -2.00. The largest absolute Gasteiger partial charge is 0.851 e. The zero-order chi connectivity index (χ0) is 6.69. The van der Waals surface area contributed by atoms with Crippen LogP contribution in [0.3, 0.4) is 0 Å². The minimum absolute atomic E-state index is 0.194. The first-order valence-electron chi connectivity index (χ1n) is 2.71. The monoisotopic (exact) mass is 124 g/mol. The van der Waals surface area contributed by atoms with Gasteiger partial charge in [0, 0.05) is 12.1 Å². The minimum atomic E-state index is -0.194. The maximum Gasteiger partial charge on any atom is 0.253 e. The van der Waals surface area contributed by atoms with Crippen LogP contribution in [0.25, 0.3) is 0 Å². The molecule has 0 radical (unpaired) electrons. The van der Waals surface area contributed by atoms with Crippen LogP contribution in [0.15, 0.2) is 24.3 Å². The molecule has 2 N–H and O–H groups in total. The van der Waals surface area contributed by atoms with E-state index in [0.717, 1.165) is 5.56 Å². The lowest BCUT2D eigenvalue weighted by atomic mass is 10.2. The first kappa shape index (κ1) is 6.11. The normalized spacial score (nSPS) is 9.44. The van der Waals surface area contributed by atoms with Gasteiger partial charge in [-0.3, -0.25) is 0 Å². The molecule has 2 nitrogen and oxygen atoms in total. The molecule has 0 fully saturated rings. The van der Waals surface area contributed by atoms with Crippen LogP contribution < -0.4 is 5.11 Å². The Morgan fingerprint density at radius 1 is 1.22 bits per heavy atom. The fourth-order valence-electron chi connectivity index (χ4n) is 0.601. The van der Waals surface area contributed by atoms with E-state index in [2.05, 4.69) is 0 Å². The molecule has 0 aliphatic carbocycles. The molecule has 0 heterocycles. The highest BCUT2D eigenvalue weighted by Crippen LogP contribution is 2.07. The Bertz CT molecular complexity index is 179. The van der Waals surface area contributed by atoms with E-state index in [0.29, 0.717) is 5.75 Å². The first-order valence-corrected chi connectivity index (χ1v) is 2.71. The molecule has 0 spiro atoms. The second-order valence-electron chi connectivity index (χ2n) is 1.84. The zero-order valence-electron chi connectivity index (χ0n) is 4.92. The molecular formula is C7H8O2. The third kappa shape index (κ3) is 1.44. The van der Waals surface area contributed by atoms with E-state index in [1.165, 1.54) is 0 Å². The van der Waals surface area contributed by atoms with Gasteiger partial charge >= 0.3 is 0 Å². The highest BCUT2D eigenvalue weighted by atomic mass is 16.3. The van der Waals surface area contributed by atoms with Gasteiger partial charge in [0.15, 0.2) is 0 Å². The van der Waals surface area contributed by atoms with Gasteiger partial charge < -0.3 is 10.2 Å². The number of hydrogen-bond donors (Lipinski definition) is 0. The van der Waals surface area contributed by atoms with Gasteiger partial charge in [-0.05, 0) is 0 Å². The average Bonchev–Trinajstić information content (AvgIpc) is 1.90. The Morgan fingerprint density at radius 2 is 1.78 bits per heavy atom. The van der Waals surface area contributed by atoms with Crippen molar-refractivity contribution in [2.24, 2.45) is 0 Å². The summed E-state index contributed by atoms with van der Waals surface area (Å²) in [5.41, 5.74) is 0.742. The van der Waals surface area contributed by atoms with Crippen LogP contribution in [0.5, 0.6) is 5.75 Å². The van der Waals surface area contributed by atoms with Crippen molar-refractivity contribution in [2.45, 2.75) is 6.61 Å². The van der Waals surface area contributed by atoms with Crippen LogP contribution in [-0.4, -0.2) is 5.11 Å². The fraction of sp³-hybridized carbons (Fsp3) is 0.143. The lowest BCUT2D eigenvalue weighted by Crippen LogP contribution is -2.01. The second-order valence-corrected chi connectivity index (χ2v) is 1.84. The molecule has 0 aliphatic heterocycles. The average molecular weight is 124 g/mol. The summed E-state index contributed by atoms with van der Waals surface area (Å²) in [4.78, 5) is 0. The predicted octanol–water partition coefficient (Wildman–Crippen LogP) is -0.0152. The molecule has 0 bridgehead atoms.